The van der Waals surface area contributed by atoms with Gasteiger partial charge in [0.15, 0.2) is 0 Å². The lowest BCUT2D eigenvalue weighted by Crippen LogP contribution is -2.41. The second-order valence-electron chi connectivity index (χ2n) is 4.58. The Kier molecular flexibility index (Phi) is 3.64. The van der Waals surface area contributed by atoms with Gasteiger partial charge in [0, 0.05) is 37.9 Å². The van der Waals surface area contributed by atoms with Crippen LogP contribution in [0, 0.1) is 6.92 Å². The van der Waals surface area contributed by atoms with Crippen LogP contribution in [0.15, 0.2) is 12.4 Å². The van der Waals surface area contributed by atoms with Crippen LogP contribution in [0.3, 0.4) is 0 Å². The van der Waals surface area contributed by atoms with Gasteiger partial charge in [0.25, 0.3) is 0 Å². The number of carbonyl (C=O) groups excluding carboxylic acids is 2. The molecule has 0 spiro atoms. The molecule has 0 aliphatic carbocycles. The zero-order chi connectivity index (χ0) is 13.1. The van der Waals surface area contributed by atoms with Crippen molar-refractivity contribution >= 4 is 11.8 Å². The van der Waals surface area contributed by atoms with Crippen molar-refractivity contribution in [1.82, 2.24) is 19.8 Å². The largest absolute Gasteiger partial charge is 0.347 e. The Hall–Kier alpha value is -1.85. The molecule has 1 aliphatic rings. The minimum absolute atomic E-state index is 0.0221. The summed E-state index contributed by atoms with van der Waals surface area (Å²) in [7, 11) is 0. The molecule has 2 amide bonds. The minimum Gasteiger partial charge on any atom is -0.347 e. The van der Waals surface area contributed by atoms with E-state index in [2.05, 4.69) is 10.3 Å². The van der Waals surface area contributed by atoms with Gasteiger partial charge in [-0.05, 0) is 13.8 Å². The lowest BCUT2D eigenvalue weighted by molar-refractivity contribution is -0.131. The molecule has 1 N–H and O–H groups in total. The van der Waals surface area contributed by atoms with Crippen molar-refractivity contribution in [1.29, 1.82) is 0 Å². The third-order valence-electron chi connectivity index (χ3n) is 3.28. The first kappa shape index (κ1) is 12.6. The molecule has 1 atom stereocenters. The van der Waals surface area contributed by atoms with Gasteiger partial charge >= 0.3 is 0 Å². The van der Waals surface area contributed by atoms with Gasteiger partial charge in [0.2, 0.25) is 11.8 Å². The zero-order valence-corrected chi connectivity index (χ0v) is 10.7. The van der Waals surface area contributed by atoms with E-state index in [9.17, 15) is 9.59 Å². The first-order chi connectivity index (χ1) is 8.58. The van der Waals surface area contributed by atoms with Crippen LogP contribution in [-0.2, 0) is 16.1 Å². The summed E-state index contributed by atoms with van der Waals surface area (Å²) in [5.74, 6) is 0.849. The van der Waals surface area contributed by atoms with E-state index < -0.39 is 0 Å². The number of aromatic nitrogens is 2. The van der Waals surface area contributed by atoms with Crippen LogP contribution in [-0.4, -0.2) is 45.4 Å². The monoisotopic (exact) mass is 250 g/mol. The van der Waals surface area contributed by atoms with Crippen LogP contribution in [0.1, 0.15) is 19.2 Å². The van der Waals surface area contributed by atoms with Crippen molar-refractivity contribution in [3.8, 4) is 0 Å². The average molecular weight is 250 g/mol. The van der Waals surface area contributed by atoms with E-state index >= 15 is 0 Å². The Balaban J connectivity index is 2.00. The summed E-state index contributed by atoms with van der Waals surface area (Å²) in [6.07, 6.45) is 4.01. The van der Waals surface area contributed by atoms with Gasteiger partial charge < -0.3 is 14.8 Å². The summed E-state index contributed by atoms with van der Waals surface area (Å²) in [6, 6.07) is -0.0520. The molecule has 1 fully saturated rings. The predicted octanol–water partition coefficient (Wildman–Crippen LogP) is -0.0715. The van der Waals surface area contributed by atoms with Gasteiger partial charge in [-0.1, -0.05) is 0 Å². The molecule has 6 heteroatoms. The van der Waals surface area contributed by atoms with Crippen molar-refractivity contribution in [2.24, 2.45) is 0 Å². The number of aryl methyl sites for hydroxylation is 1. The molecule has 2 rings (SSSR count). The lowest BCUT2D eigenvalue weighted by atomic mass is 10.2. The summed E-state index contributed by atoms with van der Waals surface area (Å²) < 4.78 is 2.00. The molecule has 1 aromatic heterocycles. The van der Waals surface area contributed by atoms with Gasteiger partial charge in [0.05, 0.1) is 6.54 Å². The van der Waals surface area contributed by atoms with Crippen LogP contribution < -0.4 is 5.32 Å². The summed E-state index contributed by atoms with van der Waals surface area (Å²) >= 11 is 0. The smallest absolute Gasteiger partial charge is 0.242 e. The highest BCUT2D eigenvalue weighted by atomic mass is 16.2. The first-order valence-corrected chi connectivity index (χ1v) is 6.12. The average Bonchev–Trinajstić information content (AvgIpc) is 2.67. The molecule has 6 nitrogen and oxygen atoms in total. The molecule has 2 heterocycles. The maximum absolute atomic E-state index is 11.9. The molecule has 98 valence electrons. The van der Waals surface area contributed by atoms with Crippen molar-refractivity contribution in [2.75, 3.05) is 13.1 Å². The van der Waals surface area contributed by atoms with Gasteiger partial charge in [-0.25, -0.2) is 4.98 Å². The number of nitrogens with one attached hydrogen (secondary N) is 1. The molecular formula is C12H18N4O2. The van der Waals surface area contributed by atoms with E-state index in [1.807, 2.05) is 24.6 Å². The standard InChI is InChI=1S/C12H18N4O2/c1-9-7-11(17)14-8-12(18)16(9)6-5-15-4-3-13-10(15)2/h3-4,9H,5-8H2,1-2H3,(H,14,17). The van der Waals surface area contributed by atoms with Gasteiger partial charge in [-0.3, -0.25) is 9.59 Å². The maximum atomic E-state index is 11.9. The van der Waals surface area contributed by atoms with Gasteiger partial charge in [0.1, 0.15) is 5.82 Å². The van der Waals surface area contributed by atoms with Gasteiger partial charge in [-0.15, -0.1) is 0 Å². The van der Waals surface area contributed by atoms with Crippen LogP contribution >= 0.6 is 0 Å². The SMILES string of the molecule is Cc1nccn1CCN1C(=O)CNC(=O)CC1C. The molecule has 18 heavy (non-hydrogen) atoms. The van der Waals surface area contributed by atoms with E-state index in [4.69, 9.17) is 0 Å². The number of amides is 2. The van der Waals surface area contributed by atoms with Crippen LogP contribution in [0.25, 0.3) is 0 Å². The van der Waals surface area contributed by atoms with E-state index in [-0.39, 0.29) is 24.4 Å². The first-order valence-electron chi connectivity index (χ1n) is 6.12. The van der Waals surface area contributed by atoms with E-state index in [1.54, 1.807) is 11.1 Å². The Bertz CT molecular complexity index is 455. The Morgan fingerprint density at radius 3 is 2.89 bits per heavy atom. The fraction of sp³-hybridized carbons (Fsp3) is 0.583. The number of rotatable bonds is 3. The summed E-state index contributed by atoms with van der Waals surface area (Å²) in [5.41, 5.74) is 0. The maximum Gasteiger partial charge on any atom is 0.242 e. The third kappa shape index (κ3) is 2.69. The Morgan fingerprint density at radius 1 is 1.44 bits per heavy atom. The number of carbonyl (C=O) groups is 2. The highest BCUT2D eigenvalue weighted by Crippen LogP contribution is 2.08. The van der Waals surface area contributed by atoms with E-state index in [0.29, 0.717) is 19.5 Å². The van der Waals surface area contributed by atoms with Crippen molar-refractivity contribution in [3.63, 3.8) is 0 Å². The molecule has 0 saturated carbocycles. The Labute approximate surface area is 106 Å². The molecule has 1 unspecified atom stereocenters. The molecule has 0 bridgehead atoms. The highest BCUT2D eigenvalue weighted by molar-refractivity contribution is 5.87. The topological polar surface area (TPSA) is 67.2 Å². The van der Waals surface area contributed by atoms with E-state index in [1.165, 1.54) is 0 Å². The molecular weight excluding hydrogens is 232 g/mol. The number of hydrogen-bond acceptors (Lipinski definition) is 3. The fourth-order valence-corrected chi connectivity index (χ4v) is 2.17. The number of hydrogen-bond donors (Lipinski definition) is 1. The van der Waals surface area contributed by atoms with E-state index in [0.717, 1.165) is 5.82 Å². The number of nitrogens with zero attached hydrogens (tertiary/aromatic N) is 3. The molecule has 0 radical (unpaired) electrons. The van der Waals surface area contributed by atoms with Crippen molar-refractivity contribution < 1.29 is 9.59 Å². The molecule has 1 aliphatic heterocycles. The lowest BCUT2D eigenvalue weighted by Gasteiger charge is -2.26. The fourth-order valence-electron chi connectivity index (χ4n) is 2.17. The van der Waals surface area contributed by atoms with Crippen LogP contribution in [0.2, 0.25) is 0 Å². The minimum atomic E-state index is -0.0582. The van der Waals surface area contributed by atoms with Crippen LogP contribution in [0.4, 0.5) is 0 Å². The second kappa shape index (κ2) is 5.20. The highest BCUT2D eigenvalue weighted by Gasteiger charge is 2.25. The third-order valence-corrected chi connectivity index (χ3v) is 3.28. The Morgan fingerprint density at radius 2 is 2.22 bits per heavy atom. The van der Waals surface area contributed by atoms with Crippen LogP contribution in [0.5, 0.6) is 0 Å². The zero-order valence-electron chi connectivity index (χ0n) is 10.7. The molecule has 0 aromatic carbocycles. The second-order valence-corrected chi connectivity index (χ2v) is 4.58. The number of imidazole rings is 1. The molecule has 1 saturated heterocycles. The summed E-state index contributed by atoms with van der Waals surface area (Å²) in [5, 5.41) is 2.61. The predicted molar refractivity (Wildman–Crippen MR) is 65.8 cm³/mol. The van der Waals surface area contributed by atoms with Crippen molar-refractivity contribution in [2.45, 2.75) is 32.9 Å². The van der Waals surface area contributed by atoms with Crippen molar-refractivity contribution in [3.05, 3.63) is 18.2 Å². The summed E-state index contributed by atoms with van der Waals surface area (Å²) in [6.45, 7) is 5.25. The molecule has 1 aromatic rings. The normalized spacial score (nSPS) is 20.8. The summed E-state index contributed by atoms with van der Waals surface area (Å²) in [4.78, 5) is 29.2. The van der Waals surface area contributed by atoms with Gasteiger partial charge in [-0.2, -0.15) is 0 Å². The quantitative estimate of drug-likeness (QED) is 0.816.